The Bertz CT molecular complexity index is 273. The first-order chi connectivity index (χ1) is 8.30. The van der Waals surface area contributed by atoms with Crippen LogP contribution in [-0.4, -0.2) is 36.6 Å². The number of hydrogen-bond donors (Lipinski definition) is 1. The molecule has 18 heavy (non-hydrogen) atoms. The minimum absolute atomic E-state index is 0.370. The third-order valence-electron chi connectivity index (χ3n) is 5.14. The normalized spacial score (nSPS) is 33.8. The van der Waals surface area contributed by atoms with E-state index in [2.05, 4.69) is 44.8 Å². The van der Waals surface area contributed by atoms with Crippen molar-refractivity contribution in [2.24, 2.45) is 10.8 Å². The summed E-state index contributed by atoms with van der Waals surface area (Å²) in [6.45, 7) is 15.6. The van der Waals surface area contributed by atoms with Gasteiger partial charge >= 0.3 is 0 Å². The first-order valence-electron chi connectivity index (χ1n) is 7.78. The van der Waals surface area contributed by atoms with E-state index in [1.807, 2.05) is 0 Å². The summed E-state index contributed by atoms with van der Waals surface area (Å²) in [7, 11) is 0. The third-order valence-corrected chi connectivity index (χ3v) is 5.14. The Balaban J connectivity index is 1.97. The Kier molecular flexibility index (Phi) is 4.08. The second-order valence-corrected chi connectivity index (χ2v) is 8.12. The quantitative estimate of drug-likeness (QED) is 0.811. The van der Waals surface area contributed by atoms with E-state index >= 15 is 0 Å². The van der Waals surface area contributed by atoms with Gasteiger partial charge in [0.25, 0.3) is 0 Å². The average molecular weight is 252 g/mol. The van der Waals surface area contributed by atoms with E-state index in [1.165, 1.54) is 38.8 Å². The van der Waals surface area contributed by atoms with Crippen LogP contribution in [0.2, 0.25) is 0 Å². The van der Waals surface area contributed by atoms with Crippen LogP contribution in [0, 0.1) is 10.8 Å². The molecule has 0 aromatic heterocycles. The predicted octanol–water partition coefficient (Wildman–Crippen LogP) is 3.28. The molecule has 2 rings (SSSR count). The van der Waals surface area contributed by atoms with Gasteiger partial charge in [0, 0.05) is 31.7 Å². The van der Waals surface area contributed by atoms with Gasteiger partial charge in [-0.15, -0.1) is 0 Å². The van der Waals surface area contributed by atoms with E-state index in [1.54, 1.807) is 0 Å². The minimum Gasteiger partial charge on any atom is -0.311 e. The zero-order valence-electron chi connectivity index (χ0n) is 13.1. The van der Waals surface area contributed by atoms with Crippen LogP contribution in [0.25, 0.3) is 0 Å². The molecule has 1 aliphatic carbocycles. The fraction of sp³-hybridized carbons (Fsp3) is 1.00. The number of hydrogen-bond acceptors (Lipinski definition) is 2. The molecule has 0 radical (unpaired) electrons. The van der Waals surface area contributed by atoms with E-state index in [0.717, 1.165) is 6.54 Å². The standard InChI is InChI=1S/C16H32N2/c1-13-10-17-14(15(2,3)4)11-18(13)12-16(5)8-6-7-9-16/h13-14,17H,6-12H2,1-5H3. The Labute approximate surface area is 114 Å². The molecule has 0 aromatic carbocycles. The fourth-order valence-electron chi connectivity index (χ4n) is 3.60. The van der Waals surface area contributed by atoms with Crippen molar-refractivity contribution in [1.82, 2.24) is 10.2 Å². The van der Waals surface area contributed by atoms with E-state index in [4.69, 9.17) is 0 Å². The highest BCUT2D eigenvalue weighted by atomic mass is 15.2. The van der Waals surface area contributed by atoms with Crippen molar-refractivity contribution in [2.75, 3.05) is 19.6 Å². The lowest BCUT2D eigenvalue weighted by Crippen LogP contribution is -2.60. The summed E-state index contributed by atoms with van der Waals surface area (Å²) in [6.07, 6.45) is 5.76. The van der Waals surface area contributed by atoms with Crippen LogP contribution in [-0.2, 0) is 0 Å². The van der Waals surface area contributed by atoms with Crippen LogP contribution in [0.4, 0.5) is 0 Å². The predicted molar refractivity (Wildman–Crippen MR) is 78.9 cm³/mol. The Hall–Kier alpha value is -0.0800. The van der Waals surface area contributed by atoms with Crippen LogP contribution in [0.1, 0.15) is 60.3 Å². The minimum atomic E-state index is 0.370. The number of nitrogens with one attached hydrogen (secondary N) is 1. The first-order valence-corrected chi connectivity index (χ1v) is 7.78. The maximum absolute atomic E-state index is 3.73. The maximum atomic E-state index is 3.73. The SMILES string of the molecule is CC1CNC(C(C)(C)C)CN1CC1(C)CCCC1. The molecule has 1 heterocycles. The largest absolute Gasteiger partial charge is 0.311 e. The van der Waals surface area contributed by atoms with Crippen LogP contribution in [0.3, 0.4) is 0 Å². The van der Waals surface area contributed by atoms with E-state index in [0.29, 0.717) is 22.9 Å². The molecule has 0 aromatic rings. The monoisotopic (exact) mass is 252 g/mol. The molecule has 2 nitrogen and oxygen atoms in total. The topological polar surface area (TPSA) is 15.3 Å². The van der Waals surface area contributed by atoms with Gasteiger partial charge in [0.15, 0.2) is 0 Å². The number of piperazine rings is 1. The fourth-order valence-corrected chi connectivity index (χ4v) is 3.60. The lowest BCUT2D eigenvalue weighted by Gasteiger charge is -2.46. The van der Waals surface area contributed by atoms with Gasteiger partial charge in [-0.3, -0.25) is 4.90 Å². The van der Waals surface area contributed by atoms with Crippen molar-refractivity contribution < 1.29 is 0 Å². The van der Waals surface area contributed by atoms with Crippen molar-refractivity contribution in [3.63, 3.8) is 0 Å². The van der Waals surface area contributed by atoms with Gasteiger partial charge in [0.05, 0.1) is 0 Å². The highest BCUT2D eigenvalue weighted by molar-refractivity contribution is 4.93. The van der Waals surface area contributed by atoms with Gasteiger partial charge in [-0.2, -0.15) is 0 Å². The van der Waals surface area contributed by atoms with E-state index in [-0.39, 0.29) is 0 Å². The molecule has 2 unspecified atom stereocenters. The molecule has 106 valence electrons. The summed E-state index contributed by atoms with van der Waals surface area (Å²) >= 11 is 0. The number of nitrogens with zero attached hydrogens (tertiary/aromatic N) is 1. The second-order valence-electron chi connectivity index (χ2n) is 8.12. The van der Waals surface area contributed by atoms with Crippen molar-refractivity contribution in [3.8, 4) is 0 Å². The highest BCUT2D eigenvalue weighted by Crippen LogP contribution is 2.39. The first kappa shape index (κ1) is 14.3. The van der Waals surface area contributed by atoms with E-state index < -0.39 is 0 Å². The zero-order chi connectivity index (χ0) is 13.4. The molecule has 2 fully saturated rings. The molecular weight excluding hydrogens is 220 g/mol. The van der Waals surface area contributed by atoms with Crippen molar-refractivity contribution in [3.05, 3.63) is 0 Å². The Morgan fingerprint density at radius 2 is 1.83 bits per heavy atom. The molecule has 2 aliphatic rings. The highest BCUT2D eigenvalue weighted by Gasteiger charge is 2.37. The number of rotatable bonds is 2. The van der Waals surface area contributed by atoms with Gasteiger partial charge in [-0.25, -0.2) is 0 Å². The molecule has 1 aliphatic heterocycles. The molecular formula is C16H32N2. The van der Waals surface area contributed by atoms with Crippen molar-refractivity contribution in [2.45, 2.75) is 72.4 Å². The molecule has 2 atom stereocenters. The molecule has 1 saturated heterocycles. The molecule has 0 bridgehead atoms. The van der Waals surface area contributed by atoms with Crippen LogP contribution in [0.5, 0.6) is 0 Å². The summed E-state index contributed by atoms with van der Waals surface area (Å²) in [5.41, 5.74) is 0.961. The van der Waals surface area contributed by atoms with Crippen molar-refractivity contribution >= 4 is 0 Å². The van der Waals surface area contributed by atoms with Gasteiger partial charge in [-0.1, -0.05) is 40.5 Å². The van der Waals surface area contributed by atoms with Crippen LogP contribution < -0.4 is 5.32 Å². The third kappa shape index (κ3) is 3.27. The second kappa shape index (κ2) is 5.13. The Morgan fingerprint density at radius 3 is 2.39 bits per heavy atom. The molecule has 0 spiro atoms. The molecule has 2 heteroatoms. The van der Waals surface area contributed by atoms with Crippen LogP contribution >= 0.6 is 0 Å². The van der Waals surface area contributed by atoms with Gasteiger partial charge in [0.1, 0.15) is 0 Å². The smallest absolute Gasteiger partial charge is 0.0244 e. The molecule has 0 amide bonds. The van der Waals surface area contributed by atoms with Crippen LogP contribution in [0.15, 0.2) is 0 Å². The average Bonchev–Trinajstić information content (AvgIpc) is 2.67. The summed E-state index contributed by atoms with van der Waals surface area (Å²) in [6, 6.07) is 1.33. The summed E-state index contributed by atoms with van der Waals surface area (Å²) < 4.78 is 0. The summed E-state index contributed by atoms with van der Waals surface area (Å²) in [5, 5.41) is 3.73. The molecule has 1 saturated carbocycles. The van der Waals surface area contributed by atoms with E-state index in [9.17, 15) is 0 Å². The van der Waals surface area contributed by atoms with Gasteiger partial charge in [0.2, 0.25) is 0 Å². The zero-order valence-corrected chi connectivity index (χ0v) is 13.1. The Morgan fingerprint density at radius 1 is 1.22 bits per heavy atom. The van der Waals surface area contributed by atoms with Crippen molar-refractivity contribution in [1.29, 1.82) is 0 Å². The van der Waals surface area contributed by atoms with Gasteiger partial charge in [-0.05, 0) is 30.6 Å². The molecule has 1 N–H and O–H groups in total. The summed E-state index contributed by atoms with van der Waals surface area (Å²) in [4.78, 5) is 2.75. The lowest BCUT2D eigenvalue weighted by molar-refractivity contribution is 0.0579. The lowest BCUT2D eigenvalue weighted by atomic mass is 9.83. The van der Waals surface area contributed by atoms with Gasteiger partial charge < -0.3 is 5.32 Å². The maximum Gasteiger partial charge on any atom is 0.0244 e. The summed E-state index contributed by atoms with van der Waals surface area (Å²) in [5.74, 6) is 0.